The summed E-state index contributed by atoms with van der Waals surface area (Å²) in [6, 6.07) is 0.677. The molecule has 16 heavy (non-hydrogen) atoms. The fourth-order valence-corrected chi connectivity index (χ4v) is 3.25. The summed E-state index contributed by atoms with van der Waals surface area (Å²) in [5, 5.41) is 3.77. The van der Waals surface area contributed by atoms with Crippen LogP contribution >= 0.6 is 0 Å². The van der Waals surface area contributed by atoms with E-state index < -0.39 is 0 Å². The summed E-state index contributed by atoms with van der Waals surface area (Å²) in [4.78, 5) is 0. The molecule has 1 N–H and O–H groups in total. The lowest BCUT2D eigenvalue weighted by atomic mass is 9.92. The smallest absolute Gasteiger partial charge is 0.0641 e. The predicted octanol–water partition coefficient (Wildman–Crippen LogP) is 2.97. The first-order valence-electron chi connectivity index (χ1n) is 6.94. The number of ether oxygens (including phenoxy) is 1. The van der Waals surface area contributed by atoms with Gasteiger partial charge in [0.2, 0.25) is 0 Å². The first-order chi connectivity index (χ1) is 7.57. The Morgan fingerprint density at radius 3 is 2.69 bits per heavy atom. The molecule has 1 heterocycles. The lowest BCUT2D eigenvalue weighted by Gasteiger charge is -2.36. The van der Waals surface area contributed by atoms with Gasteiger partial charge in [-0.3, -0.25) is 0 Å². The van der Waals surface area contributed by atoms with Crippen molar-refractivity contribution in [2.24, 2.45) is 11.8 Å². The average molecular weight is 225 g/mol. The van der Waals surface area contributed by atoms with Crippen LogP contribution in [0.15, 0.2) is 0 Å². The highest BCUT2D eigenvalue weighted by Crippen LogP contribution is 2.31. The Labute approximate surface area is 100 Å². The molecule has 0 spiro atoms. The van der Waals surface area contributed by atoms with Gasteiger partial charge in [0.05, 0.1) is 5.60 Å². The first kappa shape index (κ1) is 12.4. The molecule has 0 radical (unpaired) electrons. The van der Waals surface area contributed by atoms with Gasteiger partial charge in [0, 0.05) is 12.6 Å². The Bertz CT molecular complexity index is 227. The highest BCUT2D eigenvalue weighted by molar-refractivity contribution is 4.85. The highest BCUT2D eigenvalue weighted by atomic mass is 16.5. The van der Waals surface area contributed by atoms with Gasteiger partial charge in [-0.2, -0.15) is 0 Å². The molecule has 1 aliphatic carbocycles. The summed E-state index contributed by atoms with van der Waals surface area (Å²) in [6.45, 7) is 8.97. The van der Waals surface area contributed by atoms with Gasteiger partial charge in [-0.1, -0.05) is 19.8 Å². The summed E-state index contributed by atoms with van der Waals surface area (Å²) in [5.41, 5.74) is 0.0806. The molecular formula is C14H27NO. The monoisotopic (exact) mass is 225 g/mol. The minimum Gasteiger partial charge on any atom is -0.375 e. The molecule has 2 aliphatic rings. The summed E-state index contributed by atoms with van der Waals surface area (Å²) in [7, 11) is 0. The molecule has 94 valence electrons. The van der Waals surface area contributed by atoms with Crippen molar-refractivity contribution in [3.05, 3.63) is 0 Å². The maximum absolute atomic E-state index is 5.75. The van der Waals surface area contributed by atoms with Crippen LogP contribution in [0, 0.1) is 11.8 Å². The molecule has 3 unspecified atom stereocenters. The molecule has 1 saturated carbocycles. The van der Waals surface area contributed by atoms with Crippen LogP contribution in [0.4, 0.5) is 0 Å². The largest absolute Gasteiger partial charge is 0.375 e. The Kier molecular flexibility index (Phi) is 3.91. The third-order valence-electron chi connectivity index (χ3n) is 4.40. The quantitative estimate of drug-likeness (QED) is 0.797. The van der Waals surface area contributed by atoms with E-state index in [2.05, 4.69) is 26.1 Å². The molecule has 0 aromatic rings. The zero-order valence-electron chi connectivity index (χ0n) is 11.1. The molecule has 2 rings (SSSR count). The Hall–Kier alpha value is -0.0800. The Morgan fingerprint density at radius 2 is 2.06 bits per heavy atom. The summed E-state index contributed by atoms with van der Waals surface area (Å²) in [5.74, 6) is 1.85. The van der Waals surface area contributed by atoms with E-state index >= 15 is 0 Å². The van der Waals surface area contributed by atoms with E-state index in [4.69, 9.17) is 4.74 Å². The minimum atomic E-state index is 0.0806. The number of hydrogen-bond donors (Lipinski definition) is 1. The van der Waals surface area contributed by atoms with Gasteiger partial charge in [0.15, 0.2) is 0 Å². The fraction of sp³-hybridized carbons (Fsp3) is 1.00. The molecule has 0 aromatic heterocycles. The second-order valence-electron chi connectivity index (χ2n) is 6.37. The van der Waals surface area contributed by atoms with E-state index in [1.807, 2.05) is 0 Å². The van der Waals surface area contributed by atoms with Gasteiger partial charge in [-0.25, -0.2) is 0 Å². The van der Waals surface area contributed by atoms with E-state index in [1.54, 1.807) is 0 Å². The summed E-state index contributed by atoms with van der Waals surface area (Å²) >= 11 is 0. The zero-order chi connectivity index (χ0) is 11.6. The number of hydrogen-bond acceptors (Lipinski definition) is 2. The lowest BCUT2D eigenvalue weighted by Crippen LogP contribution is -2.45. The molecule has 2 heteroatoms. The normalized spacial score (nSPS) is 38.8. The van der Waals surface area contributed by atoms with Crippen LogP contribution in [0.25, 0.3) is 0 Å². The maximum Gasteiger partial charge on any atom is 0.0641 e. The van der Waals surface area contributed by atoms with E-state index in [9.17, 15) is 0 Å². The summed E-state index contributed by atoms with van der Waals surface area (Å²) in [6.07, 6.45) is 6.65. The Balaban J connectivity index is 1.73. The number of nitrogens with one attached hydrogen (secondary N) is 1. The topological polar surface area (TPSA) is 21.3 Å². The molecule has 2 fully saturated rings. The standard InChI is InChI=1S/C14H27NO/c1-11-5-4-6-12(11)10-15-13-7-8-16-14(2,3)9-13/h11-13,15H,4-10H2,1-3H3. The third kappa shape index (κ3) is 3.21. The van der Waals surface area contributed by atoms with Crippen LogP contribution in [0.3, 0.4) is 0 Å². The lowest BCUT2D eigenvalue weighted by molar-refractivity contribution is -0.0632. The van der Waals surface area contributed by atoms with Crippen molar-refractivity contribution in [3.8, 4) is 0 Å². The second kappa shape index (κ2) is 5.05. The maximum atomic E-state index is 5.75. The van der Waals surface area contributed by atoms with Crippen LogP contribution in [0.2, 0.25) is 0 Å². The fourth-order valence-electron chi connectivity index (χ4n) is 3.25. The molecule has 0 amide bonds. The SMILES string of the molecule is CC1CCCC1CNC1CCOC(C)(C)C1. The van der Waals surface area contributed by atoms with Crippen LogP contribution in [-0.2, 0) is 4.74 Å². The van der Waals surface area contributed by atoms with Crippen LogP contribution < -0.4 is 5.32 Å². The van der Waals surface area contributed by atoms with E-state index in [-0.39, 0.29) is 5.60 Å². The average Bonchev–Trinajstić information content (AvgIpc) is 2.60. The van der Waals surface area contributed by atoms with E-state index in [0.29, 0.717) is 6.04 Å². The summed E-state index contributed by atoms with van der Waals surface area (Å²) < 4.78 is 5.75. The van der Waals surface area contributed by atoms with Gasteiger partial charge in [0.25, 0.3) is 0 Å². The van der Waals surface area contributed by atoms with Crippen molar-refractivity contribution in [1.29, 1.82) is 0 Å². The minimum absolute atomic E-state index is 0.0806. The van der Waals surface area contributed by atoms with Gasteiger partial charge in [-0.15, -0.1) is 0 Å². The van der Waals surface area contributed by atoms with Crippen molar-refractivity contribution in [2.45, 2.75) is 64.5 Å². The van der Waals surface area contributed by atoms with E-state index in [0.717, 1.165) is 24.9 Å². The van der Waals surface area contributed by atoms with Crippen molar-refractivity contribution < 1.29 is 4.74 Å². The van der Waals surface area contributed by atoms with Crippen molar-refractivity contribution >= 4 is 0 Å². The van der Waals surface area contributed by atoms with Gasteiger partial charge in [0.1, 0.15) is 0 Å². The van der Waals surface area contributed by atoms with Crippen molar-refractivity contribution in [2.75, 3.05) is 13.2 Å². The predicted molar refractivity (Wildman–Crippen MR) is 67.6 cm³/mol. The molecule has 2 nitrogen and oxygen atoms in total. The van der Waals surface area contributed by atoms with E-state index in [1.165, 1.54) is 32.2 Å². The molecule has 1 aliphatic heterocycles. The highest BCUT2D eigenvalue weighted by Gasteiger charge is 2.30. The first-order valence-corrected chi connectivity index (χ1v) is 6.94. The molecular weight excluding hydrogens is 198 g/mol. The third-order valence-corrected chi connectivity index (χ3v) is 4.40. The molecule has 3 atom stereocenters. The molecule has 0 bridgehead atoms. The number of rotatable bonds is 3. The Morgan fingerprint density at radius 1 is 1.25 bits per heavy atom. The van der Waals surface area contributed by atoms with Gasteiger partial charge in [-0.05, 0) is 51.5 Å². The van der Waals surface area contributed by atoms with Crippen LogP contribution in [0.1, 0.15) is 52.9 Å². The van der Waals surface area contributed by atoms with Gasteiger partial charge < -0.3 is 10.1 Å². The second-order valence-corrected chi connectivity index (χ2v) is 6.37. The van der Waals surface area contributed by atoms with Gasteiger partial charge >= 0.3 is 0 Å². The zero-order valence-corrected chi connectivity index (χ0v) is 11.1. The van der Waals surface area contributed by atoms with Crippen LogP contribution in [0.5, 0.6) is 0 Å². The van der Waals surface area contributed by atoms with Crippen molar-refractivity contribution in [1.82, 2.24) is 5.32 Å². The van der Waals surface area contributed by atoms with Crippen molar-refractivity contribution in [3.63, 3.8) is 0 Å². The molecule has 0 aromatic carbocycles. The van der Waals surface area contributed by atoms with Crippen LogP contribution in [-0.4, -0.2) is 24.8 Å². The molecule has 1 saturated heterocycles.